The molecule has 0 saturated carbocycles. The minimum atomic E-state index is -1.59. The Morgan fingerprint density at radius 2 is 0.869 bits per heavy atom. The van der Waals surface area contributed by atoms with Crippen LogP contribution < -0.4 is 0 Å². The third kappa shape index (κ3) is 33.4. The highest BCUT2D eigenvalue weighted by atomic mass is 16.7. The molecule has 2 unspecified atom stereocenters. The van der Waals surface area contributed by atoms with Gasteiger partial charge in [-0.1, -0.05) is 179 Å². The summed E-state index contributed by atoms with van der Waals surface area (Å²) >= 11 is 0. The van der Waals surface area contributed by atoms with Crippen LogP contribution in [0.15, 0.2) is 24.3 Å². The van der Waals surface area contributed by atoms with Gasteiger partial charge in [0.1, 0.15) is 31.0 Å². The van der Waals surface area contributed by atoms with Crippen molar-refractivity contribution >= 4 is 11.9 Å². The van der Waals surface area contributed by atoms with E-state index < -0.39 is 49.4 Å². The van der Waals surface area contributed by atoms with E-state index in [4.69, 9.17) is 18.9 Å². The highest BCUT2D eigenvalue weighted by molar-refractivity contribution is 5.70. The fraction of sp³-hybridized carbons (Fsp3) is 0.882. The lowest BCUT2D eigenvalue weighted by Gasteiger charge is -2.39. The number of hydrogen-bond donors (Lipinski definition) is 4. The summed E-state index contributed by atoms with van der Waals surface area (Å²) in [6.45, 7) is 3.43. The van der Waals surface area contributed by atoms with Crippen LogP contribution >= 0.6 is 0 Å². The van der Waals surface area contributed by atoms with Crippen LogP contribution in [-0.2, 0) is 28.5 Å². The molecule has 0 aromatic rings. The lowest BCUT2D eigenvalue weighted by molar-refractivity contribution is -0.305. The second-order valence-electron chi connectivity index (χ2n) is 17.6. The molecule has 1 aliphatic heterocycles. The van der Waals surface area contributed by atoms with Crippen LogP contribution in [0.4, 0.5) is 0 Å². The Hall–Kier alpha value is -1.82. The lowest BCUT2D eigenvalue weighted by atomic mass is 9.99. The number of rotatable bonds is 43. The van der Waals surface area contributed by atoms with Crippen molar-refractivity contribution in [3.63, 3.8) is 0 Å². The third-order valence-corrected chi connectivity index (χ3v) is 11.8. The summed E-state index contributed by atoms with van der Waals surface area (Å²) in [5.41, 5.74) is 0. The molecular weight excluding hydrogens is 773 g/mol. The molecule has 0 bridgehead atoms. The van der Waals surface area contributed by atoms with E-state index in [-0.39, 0.29) is 32.0 Å². The number of allylic oxidation sites excluding steroid dienone is 4. The Morgan fingerprint density at radius 1 is 0.492 bits per heavy atom. The first-order valence-electron chi connectivity index (χ1n) is 25.4. The SMILES string of the molecule is CCCCCCCC/C=C/CCCCCCCCCCCCCC(=O)O[C@H](COC(=O)CCCCCCC/C=C/CCCCCCCC)CO[C@@H]1O[C@H](CO)[C@H](O)C(O)C1O. The lowest BCUT2D eigenvalue weighted by Crippen LogP contribution is -2.59. The predicted octanol–water partition coefficient (Wildman–Crippen LogP) is 11.7. The van der Waals surface area contributed by atoms with Crippen LogP contribution in [0.1, 0.15) is 232 Å². The smallest absolute Gasteiger partial charge is 0.306 e. The summed E-state index contributed by atoms with van der Waals surface area (Å²) in [5, 5.41) is 40.2. The average molecular weight is 867 g/mol. The van der Waals surface area contributed by atoms with Gasteiger partial charge in [0.2, 0.25) is 0 Å². The zero-order chi connectivity index (χ0) is 44.4. The molecular formula is C51H94O10. The molecule has 1 rings (SSSR count). The first-order chi connectivity index (χ1) is 29.8. The van der Waals surface area contributed by atoms with E-state index in [2.05, 4.69) is 38.2 Å². The van der Waals surface area contributed by atoms with Crippen molar-refractivity contribution in [2.24, 2.45) is 0 Å². The number of unbranched alkanes of at least 4 members (excludes halogenated alkanes) is 28. The monoisotopic (exact) mass is 867 g/mol. The second kappa shape index (κ2) is 42.1. The summed E-state index contributed by atoms with van der Waals surface area (Å²) < 4.78 is 22.2. The van der Waals surface area contributed by atoms with Crippen LogP contribution in [0.3, 0.4) is 0 Å². The molecule has 358 valence electrons. The molecule has 0 radical (unpaired) electrons. The van der Waals surface area contributed by atoms with Crippen molar-refractivity contribution in [3.8, 4) is 0 Å². The van der Waals surface area contributed by atoms with Crippen molar-refractivity contribution < 1.29 is 49.0 Å². The van der Waals surface area contributed by atoms with E-state index >= 15 is 0 Å². The van der Waals surface area contributed by atoms with E-state index in [9.17, 15) is 30.0 Å². The second-order valence-corrected chi connectivity index (χ2v) is 17.6. The molecule has 10 heteroatoms. The summed E-state index contributed by atoms with van der Waals surface area (Å²) in [7, 11) is 0. The maximum Gasteiger partial charge on any atom is 0.306 e. The Morgan fingerprint density at radius 3 is 1.28 bits per heavy atom. The molecule has 1 heterocycles. The zero-order valence-electron chi connectivity index (χ0n) is 39.2. The summed E-state index contributed by atoms with van der Waals surface area (Å²) in [6.07, 6.45) is 40.4. The van der Waals surface area contributed by atoms with Crippen molar-refractivity contribution in [1.29, 1.82) is 0 Å². The number of hydrogen-bond acceptors (Lipinski definition) is 10. The quantitative estimate of drug-likeness (QED) is 0.0265. The van der Waals surface area contributed by atoms with Gasteiger partial charge < -0.3 is 39.4 Å². The van der Waals surface area contributed by atoms with Crippen molar-refractivity contribution in [3.05, 3.63) is 24.3 Å². The molecule has 0 amide bonds. The fourth-order valence-electron chi connectivity index (χ4n) is 7.77. The van der Waals surface area contributed by atoms with Gasteiger partial charge in [-0.05, 0) is 64.2 Å². The molecule has 61 heavy (non-hydrogen) atoms. The fourth-order valence-corrected chi connectivity index (χ4v) is 7.77. The van der Waals surface area contributed by atoms with E-state index in [1.807, 2.05) is 0 Å². The molecule has 0 aromatic heterocycles. The first-order valence-corrected chi connectivity index (χ1v) is 25.4. The summed E-state index contributed by atoms with van der Waals surface area (Å²) in [4.78, 5) is 25.4. The maximum absolute atomic E-state index is 12.8. The van der Waals surface area contributed by atoms with Gasteiger partial charge in [-0.15, -0.1) is 0 Å². The van der Waals surface area contributed by atoms with Crippen LogP contribution in [0.5, 0.6) is 0 Å². The van der Waals surface area contributed by atoms with Crippen LogP contribution in [0, 0.1) is 0 Å². The van der Waals surface area contributed by atoms with Crippen LogP contribution in [0.2, 0.25) is 0 Å². The Balaban J connectivity index is 2.26. The number of carbonyl (C=O) groups is 2. The Bertz CT molecular complexity index is 1050. The van der Waals surface area contributed by atoms with Gasteiger partial charge in [-0.25, -0.2) is 0 Å². The summed E-state index contributed by atoms with van der Waals surface area (Å²) in [6, 6.07) is 0. The molecule has 1 saturated heterocycles. The van der Waals surface area contributed by atoms with E-state index in [1.165, 1.54) is 141 Å². The van der Waals surface area contributed by atoms with Gasteiger partial charge in [0.25, 0.3) is 0 Å². The van der Waals surface area contributed by atoms with Crippen LogP contribution in [-0.4, -0.2) is 89.0 Å². The highest BCUT2D eigenvalue weighted by Gasteiger charge is 2.44. The zero-order valence-corrected chi connectivity index (χ0v) is 39.2. The van der Waals surface area contributed by atoms with E-state index in [1.54, 1.807) is 0 Å². The predicted molar refractivity (Wildman–Crippen MR) is 247 cm³/mol. The van der Waals surface area contributed by atoms with E-state index in [0.717, 1.165) is 57.8 Å². The molecule has 0 aliphatic carbocycles. The van der Waals surface area contributed by atoms with Crippen molar-refractivity contribution in [1.82, 2.24) is 0 Å². The first kappa shape index (κ1) is 57.2. The standard InChI is InChI=1S/C51H94O10/c1-3-5-7-9-11-13-15-17-19-20-21-22-23-24-26-28-30-32-34-36-38-40-47(54)60-44(43-59-51-50(57)49(56)48(55)45(41-52)61-51)42-58-46(53)39-37-35-33-31-29-27-25-18-16-14-12-10-8-6-4-2/h17-19,25,44-45,48-52,55-57H,3-16,20-24,26-43H2,1-2H3/b19-17+,25-18+/t44-,45-,48+,49?,50?,51-/m1/s1. The van der Waals surface area contributed by atoms with Gasteiger partial charge >= 0.3 is 11.9 Å². The highest BCUT2D eigenvalue weighted by Crippen LogP contribution is 2.23. The Labute approximate surface area is 373 Å². The van der Waals surface area contributed by atoms with Gasteiger partial charge in [0.15, 0.2) is 12.4 Å². The van der Waals surface area contributed by atoms with Crippen LogP contribution in [0.25, 0.3) is 0 Å². The molecule has 10 nitrogen and oxygen atoms in total. The molecule has 1 fully saturated rings. The number of carbonyl (C=O) groups excluding carboxylic acids is 2. The van der Waals surface area contributed by atoms with Crippen molar-refractivity contribution in [2.75, 3.05) is 19.8 Å². The number of esters is 2. The topological polar surface area (TPSA) is 152 Å². The number of aliphatic hydroxyl groups excluding tert-OH is 4. The average Bonchev–Trinajstić information content (AvgIpc) is 3.26. The van der Waals surface area contributed by atoms with Gasteiger partial charge in [-0.3, -0.25) is 9.59 Å². The van der Waals surface area contributed by atoms with Gasteiger partial charge in [0, 0.05) is 12.8 Å². The minimum absolute atomic E-state index is 0.219. The van der Waals surface area contributed by atoms with Crippen molar-refractivity contribution in [2.45, 2.75) is 269 Å². The molecule has 0 aromatic carbocycles. The molecule has 6 atom stereocenters. The third-order valence-electron chi connectivity index (χ3n) is 11.8. The Kier molecular flexibility index (Phi) is 39.5. The summed E-state index contributed by atoms with van der Waals surface area (Å²) in [5.74, 6) is -0.808. The maximum atomic E-state index is 12.8. The molecule has 4 N–H and O–H groups in total. The van der Waals surface area contributed by atoms with Gasteiger partial charge in [0.05, 0.1) is 13.2 Å². The minimum Gasteiger partial charge on any atom is -0.462 e. The number of aliphatic hydroxyl groups is 4. The largest absolute Gasteiger partial charge is 0.462 e. The molecule has 0 spiro atoms. The van der Waals surface area contributed by atoms with Gasteiger partial charge in [-0.2, -0.15) is 0 Å². The normalized spacial score (nSPS) is 19.9. The van der Waals surface area contributed by atoms with E-state index in [0.29, 0.717) is 6.42 Å². The number of ether oxygens (including phenoxy) is 4. The molecule has 1 aliphatic rings.